The molecule has 0 aliphatic heterocycles. The molecule has 0 radical (unpaired) electrons. The maximum atomic E-state index is 9.27. The van der Waals surface area contributed by atoms with E-state index in [1.165, 1.54) is 19.3 Å². The van der Waals surface area contributed by atoms with E-state index in [9.17, 15) is 5.11 Å². The fraction of sp³-hybridized carbons (Fsp3) is 0.571. The molecule has 0 fully saturated rings. The van der Waals surface area contributed by atoms with Crippen LogP contribution in [0.4, 0.5) is 0 Å². The van der Waals surface area contributed by atoms with E-state index in [1.807, 2.05) is 0 Å². The molecule has 0 aliphatic carbocycles. The van der Waals surface area contributed by atoms with Crippen molar-refractivity contribution in [3.63, 3.8) is 0 Å². The zero-order valence-electron chi connectivity index (χ0n) is 10.6. The predicted octanol–water partition coefficient (Wildman–Crippen LogP) is 3.59. The first kappa shape index (κ1) is 15.0. The molecule has 0 aromatic carbocycles. The molecule has 92 valence electrons. The second-order valence-corrected chi connectivity index (χ2v) is 4.44. The molecule has 16 heavy (non-hydrogen) atoms. The van der Waals surface area contributed by atoms with E-state index in [1.54, 1.807) is 12.2 Å². The Morgan fingerprint density at radius 3 is 2.56 bits per heavy atom. The Morgan fingerprint density at radius 1 is 1.38 bits per heavy atom. The molecule has 0 aliphatic rings. The summed E-state index contributed by atoms with van der Waals surface area (Å²) in [6, 6.07) is 0. The molecule has 0 atom stereocenters. The molecule has 0 saturated carbocycles. The normalized spacial score (nSPS) is 11.8. The van der Waals surface area contributed by atoms with Gasteiger partial charge in [-0.2, -0.15) is 0 Å². The zero-order chi connectivity index (χ0) is 12.4. The average Bonchev–Trinajstić information content (AvgIpc) is 2.20. The van der Waals surface area contributed by atoms with Crippen molar-refractivity contribution in [1.29, 1.82) is 0 Å². The summed E-state index contributed by atoms with van der Waals surface area (Å²) in [5.74, 6) is 0.906. The topological polar surface area (TPSA) is 32.3 Å². The smallest absolute Gasteiger partial charge is 0.112 e. The minimum atomic E-state index is 0.120. The van der Waals surface area contributed by atoms with Crippen LogP contribution in [-0.2, 0) is 0 Å². The van der Waals surface area contributed by atoms with Gasteiger partial charge in [-0.15, -0.1) is 0 Å². The zero-order valence-corrected chi connectivity index (χ0v) is 10.6. The van der Waals surface area contributed by atoms with Crippen LogP contribution in [0.5, 0.6) is 0 Å². The number of hydrogen-bond donors (Lipinski definition) is 2. The Labute approximate surface area is 99.8 Å². The van der Waals surface area contributed by atoms with Crippen LogP contribution >= 0.6 is 0 Å². The molecule has 0 aromatic heterocycles. The van der Waals surface area contributed by atoms with Crippen molar-refractivity contribution in [3.05, 3.63) is 36.6 Å². The lowest BCUT2D eigenvalue weighted by Gasteiger charge is -2.08. The largest absolute Gasteiger partial charge is 0.508 e. The summed E-state index contributed by atoms with van der Waals surface area (Å²) in [5, 5.41) is 12.6. The second-order valence-electron chi connectivity index (χ2n) is 4.44. The average molecular weight is 223 g/mol. The van der Waals surface area contributed by atoms with Crippen LogP contribution in [0, 0.1) is 5.92 Å². The number of nitrogens with one attached hydrogen (secondary N) is 1. The number of allylic oxidation sites excluding steroid dienone is 2. The van der Waals surface area contributed by atoms with E-state index in [2.05, 4.69) is 32.3 Å². The predicted molar refractivity (Wildman–Crippen MR) is 71.6 cm³/mol. The maximum absolute atomic E-state index is 9.27. The van der Waals surface area contributed by atoms with Crippen molar-refractivity contribution in [2.75, 3.05) is 13.1 Å². The fourth-order valence-corrected chi connectivity index (χ4v) is 1.43. The highest BCUT2D eigenvalue weighted by atomic mass is 16.3. The first-order chi connectivity index (χ1) is 7.57. The van der Waals surface area contributed by atoms with Gasteiger partial charge in [-0.1, -0.05) is 52.0 Å². The van der Waals surface area contributed by atoms with Gasteiger partial charge in [-0.3, -0.25) is 0 Å². The van der Waals surface area contributed by atoms with Crippen molar-refractivity contribution >= 4 is 0 Å². The van der Waals surface area contributed by atoms with Crippen LogP contribution in [-0.4, -0.2) is 18.2 Å². The highest BCUT2D eigenvalue weighted by Gasteiger charge is 1.99. The molecule has 0 heterocycles. The first-order valence-corrected chi connectivity index (χ1v) is 5.98. The lowest BCUT2D eigenvalue weighted by Crippen LogP contribution is -2.19. The quantitative estimate of drug-likeness (QED) is 0.356. The van der Waals surface area contributed by atoms with Gasteiger partial charge >= 0.3 is 0 Å². The van der Waals surface area contributed by atoms with Gasteiger partial charge in [0.2, 0.25) is 0 Å². The van der Waals surface area contributed by atoms with E-state index in [0.717, 1.165) is 18.0 Å². The van der Waals surface area contributed by atoms with Gasteiger partial charge in [0, 0.05) is 12.1 Å². The van der Waals surface area contributed by atoms with E-state index in [-0.39, 0.29) is 5.76 Å². The highest BCUT2D eigenvalue weighted by molar-refractivity contribution is 5.27. The summed E-state index contributed by atoms with van der Waals surface area (Å²) < 4.78 is 0. The van der Waals surface area contributed by atoms with E-state index >= 15 is 0 Å². The van der Waals surface area contributed by atoms with E-state index in [4.69, 9.17) is 0 Å². The van der Waals surface area contributed by atoms with Crippen molar-refractivity contribution in [1.82, 2.24) is 5.32 Å². The third kappa shape index (κ3) is 8.30. The summed E-state index contributed by atoms with van der Waals surface area (Å²) in [6.45, 7) is 13.2. The van der Waals surface area contributed by atoms with Crippen LogP contribution in [0.25, 0.3) is 0 Å². The fourth-order valence-electron chi connectivity index (χ4n) is 1.43. The minimum absolute atomic E-state index is 0.120. The Hall–Kier alpha value is -1.02. The molecular formula is C14H25NO. The van der Waals surface area contributed by atoms with Crippen molar-refractivity contribution in [2.24, 2.45) is 5.92 Å². The molecule has 2 nitrogen and oxygen atoms in total. The number of aliphatic hydroxyl groups is 1. The molecule has 0 rings (SSSR count). The number of aliphatic hydroxyl groups excluding tert-OH is 1. The summed E-state index contributed by atoms with van der Waals surface area (Å²) >= 11 is 0. The Balaban J connectivity index is 3.60. The monoisotopic (exact) mass is 223 g/mol. The molecule has 0 amide bonds. The lowest BCUT2D eigenvalue weighted by atomic mass is 10.1. The molecule has 2 N–H and O–H groups in total. The van der Waals surface area contributed by atoms with Crippen LogP contribution < -0.4 is 5.32 Å². The minimum Gasteiger partial charge on any atom is -0.508 e. The van der Waals surface area contributed by atoms with Gasteiger partial charge in [0.05, 0.1) is 0 Å². The molecule has 0 spiro atoms. The van der Waals surface area contributed by atoms with Crippen LogP contribution in [0.2, 0.25) is 0 Å². The SMILES string of the molecule is C=C/C=C(/CNCCCCC(C)C)C(=C)O. The lowest BCUT2D eigenvalue weighted by molar-refractivity contribution is 0.421. The van der Waals surface area contributed by atoms with E-state index in [0.29, 0.717) is 6.54 Å². The van der Waals surface area contributed by atoms with Crippen molar-refractivity contribution in [3.8, 4) is 0 Å². The standard InChI is InChI=1S/C14H25NO/c1-5-8-14(13(4)16)11-15-10-7-6-9-12(2)3/h5,8,12,15-16H,1,4,6-7,9-11H2,2-3H3/b14-8-. The third-order valence-corrected chi connectivity index (χ3v) is 2.39. The Kier molecular flexibility index (Phi) is 8.64. The van der Waals surface area contributed by atoms with Gasteiger partial charge in [-0.05, 0) is 18.9 Å². The van der Waals surface area contributed by atoms with Gasteiger partial charge in [0.1, 0.15) is 5.76 Å². The summed E-state index contributed by atoms with van der Waals surface area (Å²) in [5.41, 5.74) is 0.804. The highest BCUT2D eigenvalue weighted by Crippen LogP contribution is 2.06. The Bertz CT molecular complexity index is 241. The third-order valence-electron chi connectivity index (χ3n) is 2.39. The Morgan fingerprint density at radius 2 is 2.06 bits per heavy atom. The number of rotatable bonds is 9. The van der Waals surface area contributed by atoms with E-state index < -0.39 is 0 Å². The van der Waals surface area contributed by atoms with Gasteiger partial charge < -0.3 is 10.4 Å². The van der Waals surface area contributed by atoms with Crippen LogP contribution in [0.3, 0.4) is 0 Å². The van der Waals surface area contributed by atoms with Gasteiger partial charge in [0.25, 0.3) is 0 Å². The molecular weight excluding hydrogens is 198 g/mol. The summed E-state index contributed by atoms with van der Waals surface area (Å²) in [4.78, 5) is 0. The first-order valence-electron chi connectivity index (χ1n) is 5.98. The molecule has 2 heteroatoms. The van der Waals surface area contributed by atoms with Crippen LogP contribution in [0.15, 0.2) is 36.6 Å². The number of hydrogen-bond acceptors (Lipinski definition) is 2. The van der Waals surface area contributed by atoms with Gasteiger partial charge in [0.15, 0.2) is 0 Å². The second kappa shape index (κ2) is 9.22. The van der Waals surface area contributed by atoms with Crippen molar-refractivity contribution in [2.45, 2.75) is 33.1 Å². The van der Waals surface area contributed by atoms with Crippen LogP contribution in [0.1, 0.15) is 33.1 Å². The number of unbranched alkanes of at least 4 members (excludes halogenated alkanes) is 1. The molecule has 0 bridgehead atoms. The summed E-state index contributed by atoms with van der Waals surface area (Å²) in [7, 11) is 0. The molecule has 0 unspecified atom stereocenters. The van der Waals surface area contributed by atoms with Gasteiger partial charge in [-0.25, -0.2) is 0 Å². The maximum Gasteiger partial charge on any atom is 0.112 e. The van der Waals surface area contributed by atoms with Crippen molar-refractivity contribution < 1.29 is 5.11 Å². The summed E-state index contributed by atoms with van der Waals surface area (Å²) in [6.07, 6.45) is 7.16. The molecule has 0 aromatic rings. The molecule has 0 saturated heterocycles.